The highest BCUT2D eigenvalue weighted by atomic mass is 32.2. The van der Waals surface area contributed by atoms with E-state index in [2.05, 4.69) is 5.32 Å². The van der Waals surface area contributed by atoms with Crippen molar-refractivity contribution in [3.8, 4) is 0 Å². The fourth-order valence-electron chi connectivity index (χ4n) is 3.44. The van der Waals surface area contributed by atoms with Crippen molar-refractivity contribution in [2.45, 2.75) is 46.2 Å². The molecule has 9 heteroatoms. The minimum Gasteiger partial charge on any atom is -0.354 e. The molecule has 2 rings (SSSR count). The van der Waals surface area contributed by atoms with Crippen molar-refractivity contribution in [1.82, 2.24) is 14.5 Å². The van der Waals surface area contributed by atoms with Gasteiger partial charge in [0.05, 0.1) is 5.69 Å². The second-order valence-electron chi connectivity index (χ2n) is 8.46. The van der Waals surface area contributed by atoms with Crippen molar-refractivity contribution in [2.75, 3.05) is 31.5 Å². The molecule has 186 valence electrons. The molecule has 0 fully saturated rings. The second kappa shape index (κ2) is 12.5. The van der Waals surface area contributed by atoms with E-state index < -0.39 is 28.7 Å². The van der Waals surface area contributed by atoms with Crippen molar-refractivity contribution < 1.29 is 18.0 Å². The van der Waals surface area contributed by atoms with E-state index in [1.807, 2.05) is 38.1 Å². The third-order valence-electron chi connectivity index (χ3n) is 5.50. The highest BCUT2D eigenvalue weighted by molar-refractivity contribution is 7.90. The number of nitrogens with one attached hydrogen (secondary N) is 1. The standard InChI is InChI=1S/C25H36N4O4S/c1-6-7-16-26-25(31)21(3)28(18-22-13-11-12-20(2)17-22)24(30)19-29(34(32,33)27(4)5)23-14-9-8-10-15-23/h8-15,17,21H,6-7,16,18-19H2,1-5H3,(H,26,31). The maximum atomic E-state index is 13.6. The maximum Gasteiger partial charge on any atom is 0.304 e. The van der Waals surface area contributed by atoms with Gasteiger partial charge in [-0.05, 0) is 38.0 Å². The number of rotatable bonds is 12. The first-order chi connectivity index (χ1) is 16.1. The van der Waals surface area contributed by atoms with Crippen molar-refractivity contribution in [2.24, 2.45) is 0 Å². The van der Waals surface area contributed by atoms with Crippen LogP contribution in [0.2, 0.25) is 0 Å². The first-order valence-corrected chi connectivity index (χ1v) is 12.9. The zero-order valence-electron chi connectivity index (χ0n) is 20.7. The summed E-state index contributed by atoms with van der Waals surface area (Å²) in [5, 5.41) is 2.88. The summed E-state index contributed by atoms with van der Waals surface area (Å²) in [7, 11) is -1.10. The van der Waals surface area contributed by atoms with Gasteiger partial charge in [0, 0.05) is 27.2 Å². The molecule has 0 aromatic heterocycles. The molecule has 34 heavy (non-hydrogen) atoms. The van der Waals surface area contributed by atoms with Crippen LogP contribution in [0.5, 0.6) is 0 Å². The van der Waals surface area contributed by atoms with Gasteiger partial charge in [-0.2, -0.15) is 12.7 Å². The molecule has 0 aliphatic rings. The SMILES string of the molecule is CCCCNC(=O)C(C)N(Cc1cccc(C)c1)C(=O)CN(c1ccccc1)S(=O)(=O)N(C)C. The molecule has 0 saturated carbocycles. The molecule has 1 unspecified atom stereocenters. The number of carbonyl (C=O) groups is 2. The molecule has 2 aromatic rings. The van der Waals surface area contributed by atoms with E-state index in [1.165, 1.54) is 19.0 Å². The van der Waals surface area contributed by atoms with Gasteiger partial charge in [0.1, 0.15) is 12.6 Å². The number of unbranched alkanes of at least 4 members (excludes halogenated alkanes) is 1. The lowest BCUT2D eigenvalue weighted by Crippen LogP contribution is -2.52. The fourth-order valence-corrected chi connectivity index (χ4v) is 4.49. The number of benzene rings is 2. The second-order valence-corrected chi connectivity index (χ2v) is 10.5. The average Bonchev–Trinajstić information content (AvgIpc) is 2.80. The van der Waals surface area contributed by atoms with Gasteiger partial charge in [-0.25, -0.2) is 4.31 Å². The van der Waals surface area contributed by atoms with Gasteiger partial charge in [0.2, 0.25) is 11.8 Å². The summed E-state index contributed by atoms with van der Waals surface area (Å²) in [4.78, 5) is 27.9. The lowest BCUT2D eigenvalue weighted by Gasteiger charge is -2.32. The Morgan fingerprint density at radius 2 is 1.71 bits per heavy atom. The number of para-hydroxylation sites is 1. The normalized spacial score (nSPS) is 12.3. The molecule has 0 heterocycles. The maximum absolute atomic E-state index is 13.6. The Bertz CT molecular complexity index is 1060. The largest absolute Gasteiger partial charge is 0.354 e. The Balaban J connectivity index is 2.38. The van der Waals surface area contributed by atoms with E-state index >= 15 is 0 Å². The van der Waals surface area contributed by atoms with Crippen LogP contribution in [0.3, 0.4) is 0 Å². The van der Waals surface area contributed by atoms with Crippen LogP contribution in [0.4, 0.5) is 5.69 Å². The number of hydrogen-bond acceptors (Lipinski definition) is 4. The van der Waals surface area contributed by atoms with Gasteiger partial charge in [-0.3, -0.25) is 9.59 Å². The van der Waals surface area contributed by atoms with E-state index in [4.69, 9.17) is 0 Å². The summed E-state index contributed by atoms with van der Waals surface area (Å²) in [6.45, 7) is 5.94. The molecule has 1 atom stereocenters. The summed E-state index contributed by atoms with van der Waals surface area (Å²) in [6, 6.07) is 15.4. The minimum absolute atomic E-state index is 0.188. The summed E-state index contributed by atoms with van der Waals surface area (Å²) >= 11 is 0. The number of anilines is 1. The number of carbonyl (C=O) groups excluding carboxylic acids is 2. The summed E-state index contributed by atoms with van der Waals surface area (Å²) < 4.78 is 28.3. The number of nitrogens with zero attached hydrogens (tertiary/aromatic N) is 3. The van der Waals surface area contributed by atoms with E-state index in [-0.39, 0.29) is 12.5 Å². The fraction of sp³-hybridized carbons (Fsp3) is 0.440. The van der Waals surface area contributed by atoms with Gasteiger partial charge in [0.25, 0.3) is 0 Å². The highest BCUT2D eigenvalue weighted by Gasteiger charge is 2.32. The molecule has 0 saturated heterocycles. The van der Waals surface area contributed by atoms with E-state index in [1.54, 1.807) is 37.3 Å². The van der Waals surface area contributed by atoms with Gasteiger partial charge < -0.3 is 10.2 Å². The lowest BCUT2D eigenvalue weighted by molar-refractivity contribution is -0.139. The van der Waals surface area contributed by atoms with Crippen LogP contribution in [0, 0.1) is 6.92 Å². The van der Waals surface area contributed by atoms with E-state index in [0.717, 1.165) is 32.6 Å². The zero-order chi connectivity index (χ0) is 25.3. The smallest absolute Gasteiger partial charge is 0.304 e. The molecule has 0 bridgehead atoms. The van der Waals surface area contributed by atoms with E-state index in [9.17, 15) is 18.0 Å². The van der Waals surface area contributed by atoms with Gasteiger partial charge in [-0.1, -0.05) is 61.4 Å². The van der Waals surface area contributed by atoms with Crippen LogP contribution in [-0.4, -0.2) is 62.7 Å². The topological polar surface area (TPSA) is 90.0 Å². The predicted octanol–water partition coefficient (Wildman–Crippen LogP) is 2.94. The molecular formula is C25H36N4O4S. The predicted molar refractivity (Wildman–Crippen MR) is 136 cm³/mol. The van der Waals surface area contributed by atoms with Gasteiger partial charge in [0.15, 0.2) is 0 Å². The monoisotopic (exact) mass is 488 g/mol. The van der Waals surface area contributed by atoms with Crippen LogP contribution in [-0.2, 0) is 26.3 Å². The Hall–Kier alpha value is -2.91. The Kier molecular flexibility index (Phi) is 10.1. The summed E-state index contributed by atoms with van der Waals surface area (Å²) in [5.41, 5.74) is 2.27. The third kappa shape index (κ3) is 7.30. The number of hydrogen-bond donors (Lipinski definition) is 1. The summed E-state index contributed by atoms with van der Waals surface area (Å²) in [6.07, 6.45) is 1.78. The molecule has 1 N–H and O–H groups in total. The molecule has 0 radical (unpaired) electrons. The quantitative estimate of drug-likeness (QED) is 0.465. The number of amides is 2. The van der Waals surface area contributed by atoms with Gasteiger partial charge in [-0.15, -0.1) is 0 Å². The van der Waals surface area contributed by atoms with Crippen LogP contribution in [0.1, 0.15) is 37.8 Å². The highest BCUT2D eigenvalue weighted by Crippen LogP contribution is 2.20. The van der Waals surface area contributed by atoms with Crippen molar-refractivity contribution in [1.29, 1.82) is 0 Å². The summed E-state index contributed by atoms with van der Waals surface area (Å²) in [5.74, 6) is -0.731. The molecule has 2 aromatic carbocycles. The van der Waals surface area contributed by atoms with Crippen LogP contribution < -0.4 is 9.62 Å². The van der Waals surface area contributed by atoms with Crippen LogP contribution >= 0.6 is 0 Å². The lowest BCUT2D eigenvalue weighted by atomic mass is 10.1. The van der Waals surface area contributed by atoms with Crippen molar-refractivity contribution >= 4 is 27.7 Å². The third-order valence-corrected chi connectivity index (χ3v) is 7.32. The van der Waals surface area contributed by atoms with Crippen molar-refractivity contribution in [3.63, 3.8) is 0 Å². The van der Waals surface area contributed by atoms with Crippen LogP contribution in [0.15, 0.2) is 54.6 Å². The molecule has 8 nitrogen and oxygen atoms in total. The molecule has 0 spiro atoms. The molecule has 2 amide bonds. The van der Waals surface area contributed by atoms with Crippen molar-refractivity contribution in [3.05, 3.63) is 65.7 Å². The molecule has 0 aliphatic carbocycles. The Morgan fingerprint density at radius 1 is 1.03 bits per heavy atom. The minimum atomic E-state index is -3.95. The zero-order valence-corrected chi connectivity index (χ0v) is 21.5. The molecular weight excluding hydrogens is 452 g/mol. The molecule has 0 aliphatic heterocycles. The van der Waals surface area contributed by atoms with E-state index in [0.29, 0.717) is 12.2 Å². The number of aryl methyl sites for hydroxylation is 1. The Labute approximate surface area is 203 Å². The Morgan fingerprint density at radius 3 is 2.29 bits per heavy atom. The average molecular weight is 489 g/mol. The first kappa shape index (κ1) is 27.3. The van der Waals surface area contributed by atoms with Crippen LogP contribution in [0.25, 0.3) is 0 Å². The first-order valence-electron chi connectivity index (χ1n) is 11.5. The van der Waals surface area contributed by atoms with Gasteiger partial charge >= 0.3 is 10.2 Å².